The minimum Gasteiger partial charge on any atom is -0.496 e. The van der Waals surface area contributed by atoms with Crippen LogP contribution in [0.2, 0.25) is 0 Å². The molecule has 0 fully saturated rings. The molecule has 7 nitrogen and oxygen atoms in total. The number of ether oxygens (including phenoxy) is 2. The van der Waals surface area contributed by atoms with Crippen LogP contribution in [0.4, 0.5) is 16.0 Å². The molecule has 0 saturated carbocycles. The van der Waals surface area contributed by atoms with E-state index in [1.165, 1.54) is 12.1 Å². The predicted molar refractivity (Wildman–Crippen MR) is 126 cm³/mol. The van der Waals surface area contributed by atoms with E-state index in [4.69, 9.17) is 9.47 Å². The molecule has 0 saturated heterocycles. The van der Waals surface area contributed by atoms with Gasteiger partial charge in [-0.2, -0.15) is 4.98 Å². The van der Waals surface area contributed by atoms with Gasteiger partial charge < -0.3 is 14.8 Å². The van der Waals surface area contributed by atoms with Crippen LogP contribution in [0.25, 0.3) is 11.1 Å². The van der Waals surface area contributed by atoms with E-state index in [1.54, 1.807) is 31.0 Å². The van der Waals surface area contributed by atoms with Gasteiger partial charge >= 0.3 is 6.01 Å². The molecule has 8 heteroatoms. The van der Waals surface area contributed by atoms with Gasteiger partial charge in [-0.3, -0.25) is 4.98 Å². The fraction of sp³-hybridized carbons (Fsp3) is 0.240. The third-order valence-electron chi connectivity index (χ3n) is 5.09. The van der Waals surface area contributed by atoms with E-state index in [9.17, 15) is 4.39 Å². The first-order valence-corrected chi connectivity index (χ1v) is 10.6. The molecule has 0 aliphatic rings. The van der Waals surface area contributed by atoms with Crippen LogP contribution >= 0.6 is 0 Å². The van der Waals surface area contributed by atoms with Crippen LogP contribution in [0.1, 0.15) is 31.1 Å². The molecule has 33 heavy (non-hydrogen) atoms. The summed E-state index contributed by atoms with van der Waals surface area (Å²) >= 11 is 0. The largest absolute Gasteiger partial charge is 0.496 e. The van der Waals surface area contributed by atoms with Gasteiger partial charge in [0.05, 0.1) is 13.2 Å². The zero-order valence-corrected chi connectivity index (χ0v) is 19.3. The average molecular weight is 448 g/mol. The van der Waals surface area contributed by atoms with Gasteiger partial charge in [-0.15, -0.1) is 5.10 Å². The summed E-state index contributed by atoms with van der Waals surface area (Å²) in [6.07, 6.45) is 1.78. The highest BCUT2D eigenvalue weighted by Gasteiger charge is 2.17. The van der Waals surface area contributed by atoms with E-state index in [2.05, 4.69) is 20.4 Å². The van der Waals surface area contributed by atoms with Crippen LogP contribution in [0.15, 0.2) is 54.7 Å². The highest BCUT2D eigenvalue weighted by molar-refractivity contribution is 5.74. The van der Waals surface area contributed by atoms with Crippen LogP contribution in [-0.4, -0.2) is 26.9 Å². The van der Waals surface area contributed by atoms with Gasteiger partial charge in [0.2, 0.25) is 5.95 Å². The number of aromatic nitrogens is 4. The first-order valence-electron chi connectivity index (χ1n) is 10.6. The van der Waals surface area contributed by atoms with Gasteiger partial charge in [0.25, 0.3) is 0 Å². The van der Waals surface area contributed by atoms with Crippen LogP contribution < -0.4 is 14.8 Å². The lowest BCUT2D eigenvalue weighted by atomic mass is 10.0. The summed E-state index contributed by atoms with van der Waals surface area (Å²) in [6.45, 7) is 7.70. The third kappa shape index (κ3) is 4.95. The van der Waals surface area contributed by atoms with Crippen molar-refractivity contribution >= 4 is 11.6 Å². The second-order valence-corrected chi connectivity index (χ2v) is 7.99. The minimum atomic E-state index is -0.313. The number of methoxy groups -OCH3 is 1. The molecule has 0 unspecified atom stereocenters. The Morgan fingerprint density at radius 3 is 2.52 bits per heavy atom. The Morgan fingerprint density at radius 2 is 1.82 bits per heavy atom. The van der Waals surface area contributed by atoms with E-state index in [0.717, 1.165) is 22.5 Å². The van der Waals surface area contributed by atoms with E-state index < -0.39 is 0 Å². The SMILES string of the molecule is COc1cc(Nc2nc(Oc3ccc(F)cc3C)n(C(C)C)n2)ccc1-c1ccnc(C)c1. The summed E-state index contributed by atoms with van der Waals surface area (Å²) in [5.41, 5.74) is 4.37. The molecule has 0 spiro atoms. The number of hydrogen-bond acceptors (Lipinski definition) is 6. The molecule has 0 atom stereocenters. The topological polar surface area (TPSA) is 74.1 Å². The molecular weight excluding hydrogens is 421 g/mol. The number of anilines is 2. The predicted octanol–water partition coefficient (Wildman–Crippen LogP) is 6.22. The number of halogens is 1. The maximum absolute atomic E-state index is 13.4. The second kappa shape index (κ2) is 9.28. The number of hydrogen-bond donors (Lipinski definition) is 1. The highest BCUT2D eigenvalue weighted by atomic mass is 19.1. The molecule has 1 N–H and O–H groups in total. The van der Waals surface area contributed by atoms with Gasteiger partial charge in [0.15, 0.2) is 0 Å². The molecule has 4 rings (SSSR count). The van der Waals surface area contributed by atoms with Crippen molar-refractivity contribution in [2.24, 2.45) is 0 Å². The zero-order valence-electron chi connectivity index (χ0n) is 19.3. The first kappa shape index (κ1) is 22.3. The van der Waals surface area contributed by atoms with Crippen LogP contribution in [0.3, 0.4) is 0 Å². The van der Waals surface area contributed by atoms with Gasteiger partial charge in [-0.05, 0) is 81.3 Å². The normalized spacial score (nSPS) is 11.0. The number of nitrogens with zero attached hydrogens (tertiary/aromatic N) is 4. The summed E-state index contributed by atoms with van der Waals surface area (Å²) < 4.78 is 26.7. The van der Waals surface area contributed by atoms with Gasteiger partial charge in [0, 0.05) is 29.2 Å². The molecule has 0 amide bonds. The number of benzene rings is 2. The average Bonchev–Trinajstić information content (AvgIpc) is 3.18. The van der Waals surface area contributed by atoms with Crippen molar-refractivity contribution in [2.75, 3.05) is 12.4 Å². The Morgan fingerprint density at radius 1 is 1.00 bits per heavy atom. The van der Waals surface area contributed by atoms with Crippen LogP contribution in [0, 0.1) is 19.7 Å². The Bertz CT molecular complexity index is 1290. The zero-order chi connectivity index (χ0) is 23.5. The Kier molecular flexibility index (Phi) is 6.26. The van der Waals surface area contributed by atoms with Gasteiger partial charge in [-0.1, -0.05) is 0 Å². The molecule has 170 valence electrons. The fourth-order valence-corrected chi connectivity index (χ4v) is 3.44. The molecular formula is C25H26FN5O2. The van der Waals surface area contributed by atoms with Crippen LogP contribution in [0.5, 0.6) is 17.5 Å². The Hall–Kier alpha value is -3.94. The van der Waals surface area contributed by atoms with Crippen molar-refractivity contribution < 1.29 is 13.9 Å². The van der Waals surface area contributed by atoms with Crippen molar-refractivity contribution in [1.82, 2.24) is 19.7 Å². The molecule has 0 radical (unpaired) electrons. The molecule has 4 aromatic rings. The summed E-state index contributed by atoms with van der Waals surface area (Å²) in [4.78, 5) is 8.77. The van der Waals surface area contributed by atoms with Crippen molar-refractivity contribution in [1.29, 1.82) is 0 Å². The Labute approximate surface area is 192 Å². The van der Waals surface area contributed by atoms with E-state index in [-0.39, 0.29) is 11.9 Å². The summed E-state index contributed by atoms with van der Waals surface area (Å²) in [5, 5.41) is 7.76. The van der Waals surface area contributed by atoms with E-state index in [1.807, 2.05) is 51.1 Å². The number of nitrogens with one attached hydrogen (secondary N) is 1. The maximum atomic E-state index is 13.4. The molecule has 0 bridgehead atoms. The molecule has 2 heterocycles. The molecule has 0 aliphatic heterocycles. The smallest absolute Gasteiger partial charge is 0.322 e. The molecule has 2 aromatic carbocycles. The lowest BCUT2D eigenvalue weighted by Crippen LogP contribution is -2.06. The quantitative estimate of drug-likeness (QED) is 0.362. The summed E-state index contributed by atoms with van der Waals surface area (Å²) in [5.74, 6) is 1.31. The van der Waals surface area contributed by atoms with Crippen molar-refractivity contribution in [2.45, 2.75) is 33.7 Å². The molecule has 0 aliphatic carbocycles. The Balaban J connectivity index is 1.62. The lowest BCUT2D eigenvalue weighted by molar-refractivity contribution is 0.374. The van der Waals surface area contributed by atoms with E-state index >= 15 is 0 Å². The standard InChI is InChI=1S/C25H26FN5O2/c1-15(2)31-25(33-22-9-6-19(26)12-16(22)3)29-24(30-31)28-20-7-8-21(23(14-20)32-5)18-10-11-27-17(4)13-18/h6-15H,1-5H3,(H,28,30). The minimum absolute atomic E-state index is 0.00986. The fourth-order valence-electron chi connectivity index (χ4n) is 3.44. The molecule has 2 aromatic heterocycles. The highest BCUT2D eigenvalue weighted by Crippen LogP contribution is 2.34. The van der Waals surface area contributed by atoms with Crippen molar-refractivity contribution in [3.8, 4) is 28.6 Å². The van der Waals surface area contributed by atoms with Gasteiger partial charge in [0.1, 0.15) is 17.3 Å². The number of aryl methyl sites for hydroxylation is 2. The van der Waals surface area contributed by atoms with Crippen molar-refractivity contribution in [3.05, 3.63) is 71.8 Å². The summed E-state index contributed by atoms with van der Waals surface area (Å²) in [7, 11) is 1.64. The van der Waals surface area contributed by atoms with E-state index in [0.29, 0.717) is 29.0 Å². The second-order valence-electron chi connectivity index (χ2n) is 7.99. The number of pyridine rings is 1. The first-order chi connectivity index (χ1) is 15.8. The maximum Gasteiger partial charge on any atom is 0.322 e. The van der Waals surface area contributed by atoms with Crippen molar-refractivity contribution in [3.63, 3.8) is 0 Å². The number of rotatable bonds is 7. The summed E-state index contributed by atoms with van der Waals surface area (Å²) in [6, 6.07) is 14.5. The monoisotopic (exact) mass is 447 g/mol. The third-order valence-corrected chi connectivity index (χ3v) is 5.09. The van der Waals surface area contributed by atoms with Gasteiger partial charge in [-0.25, -0.2) is 9.07 Å². The van der Waals surface area contributed by atoms with Crippen LogP contribution in [-0.2, 0) is 0 Å². The lowest BCUT2D eigenvalue weighted by Gasteiger charge is -2.11.